The van der Waals surface area contributed by atoms with Gasteiger partial charge in [0.15, 0.2) is 11.5 Å². The molecule has 3 aromatic carbocycles. The van der Waals surface area contributed by atoms with E-state index in [4.69, 9.17) is 42.5 Å². The Labute approximate surface area is 195 Å². The first-order valence-corrected chi connectivity index (χ1v) is 10.8. The van der Waals surface area contributed by atoms with E-state index in [2.05, 4.69) is 0 Å². The van der Waals surface area contributed by atoms with Crippen LogP contribution in [0.15, 0.2) is 59.7 Å². The number of rotatable bonds is 4. The summed E-state index contributed by atoms with van der Waals surface area (Å²) in [7, 11) is 3.21. The number of para-hydroxylation sites is 1. The molecular weight excluding hydrogens is 451 g/mol. The number of hydrazone groups is 1. The van der Waals surface area contributed by atoms with Gasteiger partial charge in [0.05, 0.1) is 36.6 Å². The molecule has 0 fully saturated rings. The van der Waals surface area contributed by atoms with Crippen LogP contribution >= 0.6 is 23.2 Å². The lowest BCUT2D eigenvalue weighted by molar-refractivity contribution is -0.0203. The number of phenolic OH excluding ortho intramolecular Hbond substituents is 1. The van der Waals surface area contributed by atoms with Gasteiger partial charge in [0.2, 0.25) is 6.23 Å². The van der Waals surface area contributed by atoms with Crippen molar-refractivity contribution >= 4 is 28.9 Å². The third-order valence-electron chi connectivity index (χ3n) is 5.74. The summed E-state index contributed by atoms with van der Waals surface area (Å²) in [5.41, 5.74) is 3.27. The van der Waals surface area contributed by atoms with E-state index in [0.29, 0.717) is 28.5 Å². The first-order valence-electron chi connectivity index (χ1n) is 10.0. The van der Waals surface area contributed by atoms with E-state index in [1.165, 1.54) is 6.07 Å². The fourth-order valence-corrected chi connectivity index (χ4v) is 4.71. The maximum atomic E-state index is 10.7. The topological polar surface area (TPSA) is 63.5 Å². The summed E-state index contributed by atoms with van der Waals surface area (Å²) in [5.74, 6) is 1.94. The predicted molar refractivity (Wildman–Crippen MR) is 123 cm³/mol. The molecule has 0 radical (unpaired) electrons. The summed E-state index contributed by atoms with van der Waals surface area (Å²) in [6, 6.07) is 16.6. The molecule has 1 N–H and O–H groups in total. The molecule has 2 aliphatic rings. The fourth-order valence-electron chi connectivity index (χ4n) is 4.20. The molecule has 0 amide bonds. The van der Waals surface area contributed by atoms with Crippen LogP contribution in [0.2, 0.25) is 10.0 Å². The van der Waals surface area contributed by atoms with Gasteiger partial charge in [-0.2, -0.15) is 5.10 Å². The number of ether oxygens (including phenoxy) is 3. The van der Waals surface area contributed by atoms with E-state index >= 15 is 0 Å². The number of hydrogen-bond donors (Lipinski definition) is 1. The van der Waals surface area contributed by atoms with E-state index in [0.717, 1.165) is 22.6 Å². The van der Waals surface area contributed by atoms with Crippen molar-refractivity contribution in [1.29, 1.82) is 0 Å². The van der Waals surface area contributed by atoms with Gasteiger partial charge in [-0.05, 0) is 36.4 Å². The summed E-state index contributed by atoms with van der Waals surface area (Å²) < 4.78 is 17.1. The van der Waals surface area contributed by atoms with E-state index in [9.17, 15) is 5.11 Å². The molecule has 5 rings (SSSR count). The number of benzene rings is 3. The molecule has 0 saturated carbocycles. The average Bonchev–Trinajstić information content (AvgIpc) is 3.26. The van der Waals surface area contributed by atoms with Gasteiger partial charge >= 0.3 is 0 Å². The largest absolute Gasteiger partial charge is 0.506 e. The lowest BCUT2D eigenvalue weighted by Gasteiger charge is -2.38. The lowest BCUT2D eigenvalue weighted by atomic mass is 9.95. The Morgan fingerprint density at radius 3 is 2.56 bits per heavy atom. The molecule has 3 aromatic rings. The molecule has 0 bridgehead atoms. The Bertz CT molecular complexity index is 1230. The van der Waals surface area contributed by atoms with Crippen molar-refractivity contribution < 1.29 is 19.3 Å². The Balaban J connectivity index is 1.61. The molecule has 2 heterocycles. The zero-order chi connectivity index (χ0) is 22.4. The Morgan fingerprint density at radius 2 is 1.78 bits per heavy atom. The van der Waals surface area contributed by atoms with Crippen LogP contribution in [0.25, 0.3) is 0 Å². The van der Waals surface area contributed by atoms with Crippen LogP contribution in [-0.2, 0) is 0 Å². The third kappa shape index (κ3) is 3.40. The Hall–Kier alpha value is -3.09. The SMILES string of the molecule is COc1ccc(C2=NN3C(C2)c2ccccc2OC3c2cc(Cl)cc(Cl)c2O)cc1OC. The highest BCUT2D eigenvalue weighted by Crippen LogP contribution is 2.50. The second-order valence-electron chi connectivity index (χ2n) is 7.55. The quantitative estimate of drug-likeness (QED) is 0.509. The third-order valence-corrected chi connectivity index (χ3v) is 6.25. The fraction of sp³-hybridized carbons (Fsp3) is 0.208. The number of hydrogen-bond acceptors (Lipinski definition) is 6. The normalized spacial score (nSPS) is 19.0. The van der Waals surface area contributed by atoms with Gasteiger partial charge in [0, 0.05) is 22.6 Å². The Kier molecular flexibility index (Phi) is 5.27. The van der Waals surface area contributed by atoms with E-state index in [1.54, 1.807) is 20.3 Å². The molecule has 164 valence electrons. The van der Waals surface area contributed by atoms with Crippen LogP contribution in [0.4, 0.5) is 0 Å². The number of phenols is 1. The summed E-state index contributed by atoms with van der Waals surface area (Å²) in [6.45, 7) is 0. The maximum absolute atomic E-state index is 10.7. The zero-order valence-corrected chi connectivity index (χ0v) is 18.9. The van der Waals surface area contributed by atoms with Crippen LogP contribution in [0.5, 0.6) is 23.0 Å². The van der Waals surface area contributed by atoms with Crippen LogP contribution in [0.1, 0.15) is 35.4 Å². The molecule has 0 aromatic heterocycles. The van der Waals surface area contributed by atoms with Gasteiger partial charge < -0.3 is 19.3 Å². The van der Waals surface area contributed by atoms with Gasteiger partial charge in [-0.25, -0.2) is 5.01 Å². The number of nitrogens with zero attached hydrogens (tertiary/aromatic N) is 2. The second kappa shape index (κ2) is 8.11. The Morgan fingerprint density at radius 1 is 1.00 bits per heavy atom. The minimum Gasteiger partial charge on any atom is -0.506 e. The van der Waals surface area contributed by atoms with E-state index in [-0.39, 0.29) is 16.8 Å². The van der Waals surface area contributed by atoms with Gasteiger partial charge in [-0.3, -0.25) is 0 Å². The summed E-state index contributed by atoms with van der Waals surface area (Å²) in [6.07, 6.45) is -0.0368. The standard InChI is InChI=1S/C24H20Cl2N2O4/c1-30-21-8-7-13(9-22(21)31-2)18-12-19-15-5-3-4-6-20(15)32-24(28(19)27-18)16-10-14(25)11-17(26)23(16)29/h3-11,19,24,29H,12H2,1-2H3. The molecule has 2 unspecified atom stereocenters. The van der Waals surface area contributed by atoms with Crippen molar-refractivity contribution in [2.24, 2.45) is 5.10 Å². The second-order valence-corrected chi connectivity index (χ2v) is 8.39. The zero-order valence-electron chi connectivity index (χ0n) is 17.4. The first kappa shape index (κ1) is 20.8. The summed E-state index contributed by atoms with van der Waals surface area (Å²) in [5, 5.41) is 18.0. The van der Waals surface area contributed by atoms with Crippen molar-refractivity contribution in [1.82, 2.24) is 5.01 Å². The molecular formula is C24H20Cl2N2O4. The van der Waals surface area contributed by atoms with Crippen LogP contribution in [-0.4, -0.2) is 30.0 Å². The highest BCUT2D eigenvalue weighted by atomic mass is 35.5. The molecule has 2 atom stereocenters. The monoisotopic (exact) mass is 470 g/mol. The molecule has 0 saturated heterocycles. The van der Waals surface area contributed by atoms with E-state index in [1.807, 2.05) is 47.5 Å². The molecule has 32 heavy (non-hydrogen) atoms. The number of aromatic hydroxyl groups is 1. The number of fused-ring (bicyclic) bond motifs is 3. The van der Waals surface area contributed by atoms with Crippen molar-refractivity contribution in [2.75, 3.05) is 14.2 Å². The number of methoxy groups -OCH3 is 2. The van der Waals surface area contributed by atoms with Crippen molar-refractivity contribution in [3.8, 4) is 23.0 Å². The van der Waals surface area contributed by atoms with Crippen LogP contribution in [0.3, 0.4) is 0 Å². The maximum Gasteiger partial charge on any atom is 0.217 e. The minimum absolute atomic E-state index is 0.0750. The first-order chi connectivity index (χ1) is 15.5. The van der Waals surface area contributed by atoms with E-state index < -0.39 is 6.23 Å². The lowest BCUT2D eigenvalue weighted by Crippen LogP contribution is -2.33. The van der Waals surface area contributed by atoms with Crippen molar-refractivity contribution in [2.45, 2.75) is 18.7 Å². The summed E-state index contributed by atoms with van der Waals surface area (Å²) >= 11 is 12.4. The molecule has 2 aliphatic heterocycles. The molecule has 8 heteroatoms. The van der Waals surface area contributed by atoms with Gasteiger partial charge in [0.1, 0.15) is 11.5 Å². The predicted octanol–water partition coefficient (Wildman–Crippen LogP) is 5.96. The van der Waals surface area contributed by atoms with Gasteiger partial charge in [-0.1, -0.05) is 41.4 Å². The summed E-state index contributed by atoms with van der Waals surface area (Å²) in [4.78, 5) is 0. The van der Waals surface area contributed by atoms with Crippen LogP contribution in [0, 0.1) is 0 Å². The number of halogens is 2. The molecule has 0 aliphatic carbocycles. The highest BCUT2D eigenvalue weighted by Gasteiger charge is 2.42. The molecule has 6 nitrogen and oxygen atoms in total. The molecule has 0 spiro atoms. The highest BCUT2D eigenvalue weighted by molar-refractivity contribution is 6.35. The smallest absolute Gasteiger partial charge is 0.217 e. The van der Waals surface area contributed by atoms with Gasteiger partial charge in [-0.15, -0.1) is 0 Å². The van der Waals surface area contributed by atoms with Crippen molar-refractivity contribution in [3.05, 3.63) is 81.3 Å². The average molecular weight is 471 g/mol. The minimum atomic E-state index is -0.691. The van der Waals surface area contributed by atoms with Gasteiger partial charge in [0.25, 0.3) is 0 Å². The van der Waals surface area contributed by atoms with Crippen molar-refractivity contribution in [3.63, 3.8) is 0 Å². The van der Waals surface area contributed by atoms with Crippen LogP contribution < -0.4 is 14.2 Å².